The number of Topliss-reactive ketones (excluding diaryl/α,β-unsaturated/α-hetero) is 2. The first-order valence-electron chi connectivity index (χ1n) is 18.3. The first-order chi connectivity index (χ1) is 26.5. The van der Waals surface area contributed by atoms with Crippen molar-refractivity contribution in [3.8, 4) is 17.2 Å². The number of fused-ring (bicyclic) bond motifs is 3. The summed E-state index contributed by atoms with van der Waals surface area (Å²) in [5.74, 6) is -5.10. The molecule has 2 heterocycles. The van der Waals surface area contributed by atoms with Crippen LogP contribution in [0.5, 0.6) is 17.2 Å². The highest BCUT2D eigenvalue weighted by Crippen LogP contribution is 2.52. The van der Waals surface area contributed by atoms with Gasteiger partial charge < -0.3 is 65.3 Å². The molecule has 0 saturated carbocycles. The van der Waals surface area contributed by atoms with Crippen molar-refractivity contribution in [2.75, 3.05) is 26.8 Å². The van der Waals surface area contributed by atoms with Gasteiger partial charge in [-0.15, -0.1) is 0 Å². The number of aliphatic hydroxyl groups is 6. The van der Waals surface area contributed by atoms with Crippen molar-refractivity contribution in [1.82, 2.24) is 10.2 Å². The number of nitrogens with one attached hydrogen (secondary N) is 1. The van der Waals surface area contributed by atoms with E-state index in [-0.39, 0.29) is 73.2 Å². The Morgan fingerprint density at radius 3 is 2.45 bits per heavy atom. The van der Waals surface area contributed by atoms with Crippen LogP contribution in [0, 0.1) is 0 Å². The quantitative estimate of drug-likeness (QED) is 0.0715. The predicted octanol–water partition coefficient (Wildman–Crippen LogP) is -1.36. The Balaban J connectivity index is 1.26. The molecule has 0 radical (unpaired) electrons. The smallest absolute Gasteiger partial charge is 0.223 e. The standard InChI is InChI=1S/C38H46N2O16/c1-16-33(48)20(39-13-22(43)21-9-17(42)14-40(21)26(45)7-4-8-27(46)47)10-28(55-16)56-24-12-38(53,25(44)15-41)11-19-30(24)37(52)32-31(35(19)50)34(49)18-5-3-6-23(54-2)29(18)36(32)51/h3,5-6,16-17,20-21,24,27-28,33,39,41-42,46-48,50,52-53H,4,7-15H2,1-2H3/t16?,17?,20?,21-,24?,28?,33?,38-/m0/s1. The van der Waals surface area contributed by atoms with Gasteiger partial charge in [-0.05, 0) is 25.8 Å². The number of ether oxygens (including phenoxy) is 3. The Labute approximate surface area is 320 Å². The van der Waals surface area contributed by atoms with E-state index < -0.39 is 126 Å². The number of phenolic OH excluding ortho intramolecular Hbond substituents is 2. The Hall–Kier alpha value is -4.37. The first kappa shape index (κ1) is 41.3. The maximum Gasteiger partial charge on any atom is 0.223 e. The fourth-order valence-corrected chi connectivity index (χ4v) is 8.24. The number of ketones is 4. The molecule has 6 unspecified atom stereocenters. The summed E-state index contributed by atoms with van der Waals surface area (Å²) in [6.07, 6.45) is -8.83. The summed E-state index contributed by atoms with van der Waals surface area (Å²) in [6.45, 7) is -0.0143. The van der Waals surface area contributed by atoms with Gasteiger partial charge in [0.25, 0.3) is 0 Å². The SMILES string of the molecule is COc1cccc2c1C(=O)c1c(O)c3c(c(O)c1C2=O)C[C@@](O)(C(=O)CO)CC3OC1CC(NCC(=O)[C@@H]2CC(O)CN2C(=O)CCCC(O)O)C(O)C(C)O1. The van der Waals surface area contributed by atoms with E-state index in [4.69, 9.17) is 24.4 Å². The van der Waals surface area contributed by atoms with E-state index in [1.807, 2.05) is 0 Å². The average Bonchev–Trinajstić information content (AvgIpc) is 3.56. The predicted molar refractivity (Wildman–Crippen MR) is 189 cm³/mol. The number of methoxy groups -OCH3 is 1. The highest BCUT2D eigenvalue weighted by molar-refractivity contribution is 6.31. The van der Waals surface area contributed by atoms with Gasteiger partial charge in [-0.1, -0.05) is 12.1 Å². The summed E-state index contributed by atoms with van der Waals surface area (Å²) in [5, 5.41) is 87.1. The third kappa shape index (κ3) is 7.56. The van der Waals surface area contributed by atoms with E-state index >= 15 is 0 Å². The lowest BCUT2D eigenvalue weighted by atomic mass is 9.72. The minimum Gasteiger partial charge on any atom is -0.507 e. The number of carbonyl (C=O) groups excluding carboxylic acids is 5. The number of phenols is 2. The Bertz CT molecular complexity index is 1920. The number of likely N-dealkylation sites (tertiary alicyclic amines) is 1. The van der Waals surface area contributed by atoms with Crippen LogP contribution in [0.4, 0.5) is 0 Å². The molecule has 2 aliphatic carbocycles. The molecule has 4 aliphatic rings. The zero-order valence-electron chi connectivity index (χ0n) is 30.7. The first-order valence-corrected chi connectivity index (χ1v) is 18.3. The molecule has 56 heavy (non-hydrogen) atoms. The number of aromatic hydroxyl groups is 2. The minimum atomic E-state index is -2.37. The molecule has 2 aromatic rings. The maximum atomic E-state index is 13.9. The van der Waals surface area contributed by atoms with E-state index in [2.05, 4.69) is 5.32 Å². The van der Waals surface area contributed by atoms with Crippen LogP contribution in [0.15, 0.2) is 18.2 Å². The number of amides is 1. The van der Waals surface area contributed by atoms with Gasteiger partial charge in [0.2, 0.25) is 11.7 Å². The summed E-state index contributed by atoms with van der Waals surface area (Å²) in [4.78, 5) is 68.1. The average molecular weight is 787 g/mol. The summed E-state index contributed by atoms with van der Waals surface area (Å²) < 4.78 is 17.5. The number of β-amino-alcohol motifs (C(OH)–C–C–N with tert-alkyl or cyclic N) is 1. The van der Waals surface area contributed by atoms with Gasteiger partial charge in [0.1, 0.15) is 29.5 Å². The minimum absolute atomic E-state index is 0.0174. The third-order valence-corrected chi connectivity index (χ3v) is 11.1. The number of carbonyl (C=O) groups is 5. The molecular formula is C38H46N2O16. The molecule has 304 valence electrons. The van der Waals surface area contributed by atoms with Crippen molar-refractivity contribution in [1.29, 1.82) is 0 Å². The van der Waals surface area contributed by atoms with Crippen LogP contribution in [0.1, 0.15) is 94.5 Å². The van der Waals surface area contributed by atoms with E-state index in [1.54, 1.807) is 0 Å². The van der Waals surface area contributed by atoms with Crippen LogP contribution < -0.4 is 10.1 Å². The van der Waals surface area contributed by atoms with Crippen LogP contribution in [0.25, 0.3) is 0 Å². The molecule has 6 rings (SSSR count). The third-order valence-electron chi connectivity index (χ3n) is 11.1. The summed E-state index contributed by atoms with van der Waals surface area (Å²) in [5.41, 5.74) is -4.21. The van der Waals surface area contributed by atoms with Crippen molar-refractivity contribution in [3.63, 3.8) is 0 Å². The molecule has 0 spiro atoms. The Morgan fingerprint density at radius 1 is 1.05 bits per heavy atom. The summed E-state index contributed by atoms with van der Waals surface area (Å²) in [6, 6.07) is 2.41. The second-order valence-electron chi connectivity index (χ2n) is 14.8. The van der Waals surface area contributed by atoms with E-state index in [0.717, 1.165) is 0 Å². The molecule has 1 amide bonds. The molecular weight excluding hydrogens is 740 g/mol. The molecule has 0 bridgehead atoms. The van der Waals surface area contributed by atoms with Crippen molar-refractivity contribution >= 4 is 29.0 Å². The van der Waals surface area contributed by atoms with Gasteiger partial charge in [0, 0.05) is 61.4 Å². The van der Waals surface area contributed by atoms with E-state index in [1.165, 1.54) is 37.1 Å². The number of rotatable bonds is 13. The molecule has 9 N–H and O–H groups in total. The van der Waals surface area contributed by atoms with E-state index in [0.29, 0.717) is 0 Å². The number of hydrogen-bond donors (Lipinski definition) is 9. The largest absolute Gasteiger partial charge is 0.507 e. The zero-order valence-corrected chi connectivity index (χ0v) is 30.7. The zero-order chi connectivity index (χ0) is 40.8. The Morgan fingerprint density at radius 2 is 1.77 bits per heavy atom. The van der Waals surface area contributed by atoms with Crippen LogP contribution in [-0.2, 0) is 30.3 Å². The fraction of sp³-hybridized carbons (Fsp3) is 0.553. The number of benzene rings is 2. The van der Waals surface area contributed by atoms with Crippen molar-refractivity contribution in [2.24, 2.45) is 0 Å². The summed E-state index contributed by atoms with van der Waals surface area (Å²) in [7, 11) is 1.29. The van der Waals surface area contributed by atoms with Crippen LogP contribution in [0.2, 0.25) is 0 Å². The van der Waals surface area contributed by atoms with Gasteiger partial charge in [-0.3, -0.25) is 24.0 Å². The lowest BCUT2D eigenvalue weighted by molar-refractivity contribution is -0.249. The molecule has 2 aromatic carbocycles. The molecule has 0 aromatic heterocycles. The second-order valence-corrected chi connectivity index (χ2v) is 14.8. The number of aliphatic hydroxyl groups excluding tert-OH is 4. The van der Waals surface area contributed by atoms with Crippen LogP contribution >= 0.6 is 0 Å². The lowest BCUT2D eigenvalue weighted by Crippen LogP contribution is -2.56. The number of nitrogens with zero attached hydrogens (tertiary/aromatic N) is 1. The summed E-state index contributed by atoms with van der Waals surface area (Å²) >= 11 is 0. The monoisotopic (exact) mass is 786 g/mol. The molecule has 2 saturated heterocycles. The normalized spacial score (nSPS) is 28.5. The highest BCUT2D eigenvalue weighted by Gasteiger charge is 2.50. The van der Waals surface area contributed by atoms with E-state index in [9.17, 15) is 54.6 Å². The van der Waals surface area contributed by atoms with Gasteiger partial charge in [0.15, 0.2) is 29.9 Å². The van der Waals surface area contributed by atoms with Crippen LogP contribution in [-0.4, -0.2) is 150 Å². The number of hydrogen-bond acceptors (Lipinski definition) is 17. The maximum absolute atomic E-state index is 13.9. The van der Waals surface area contributed by atoms with Gasteiger partial charge >= 0.3 is 0 Å². The molecule has 18 nitrogen and oxygen atoms in total. The van der Waals surface area contributed by atoms with Gasteiger partial charge in [-0.2, -0.15) is 0 Å². The van der Waals surface area contributed by atoms with Crippen molar-refractivity contribution < 1.29 is 79.0 Å². The van der Waals surface area contributed by atoms with Crippen LogP contribution in [0.3, 0.4) is 0 Å². The molecule has 18 heteroatoms. The highest BCUT2D eigenvalue weighted by atomic mass is 16.7. The van der Waals surface area contributed by atoms with Gasteiger partial charge in [0.05, 0.1) is 60.8 Å². The van der Waals surface area contributed by atoms with Crippen molar-refractivity contribution in [3.05, 3.63) is 51.6 Å². The lowest BCUT2D eigenvalue weighted by Gasteiger charge is -2.43. The van der Waals surface area contributed by atoms with Crippen molar-refractivity contribution in [2.45, 2.75) is 107 Å². The second kappa shape index (κ2) is 16.2. The van der Waals surface area contributed by atoms with Gasteiger partial charge in [-0.25, -0.2) is 0 Å². The molecule has 2 fully saturated rings. The molecule has 2 aliphatic heterocycles. The Kier molecular flexibility index (Phi) is 12.0. The molecule has 8 atom stereocenters. The topological polar surface area (TPSA) is 290 Å². The fourth-order valence-electron chi connectivity index (χ4n) is 8.24.